The van der Waals surface area contributed by atoms with Gasteiger partial charge < -0.3 is 10.2 Å². The van der Waals surface area contributed by atoms with Crippen LogP contribution in [0.1, 0.15) is 27.9 Å². The summed E-state index contributed by atoms with van der Waals surface area (Å²) in [6.07, 6.45) is 2.07. The molecule has 7 heteroatoms. The average Bonchev–Trinajstić information content (AvgIpc) is 2.97. The molecule has 0 radical (unpaired) electrons. The fourth-order valence-corrected chi connectivity index (χ4v) is 5.00. The van der Waals surface area contributed by atoms with E-state index in [0.29, 0.717) is 17.8 Å². The zero-order valence-electron chi connectivity index (χ0n) is 15.2. The van der Waals surface area contributed by atoms with Crippen LogP contribution in [0.2, 0.25) is 0 Å². The van der Waals surface area contributed by atoms with Gasteiger partial charge in [-0.15, -0.1) is 0 Å². The molecule has 6 nitrogen and oxygen atoms in total. The zero-order chi connectivity index (χ0) is 18.9. The van der Waals surface area contributed by atoms with Gasteiger partial charge in [-0.25, -0.2) is 13.4 Å². The van der Waals surface area contributed by atoms with Crippen LogP contribution in [0, 0.1) is 13.8 Å². The third-order valence-corrected chi connectivity index (χ3v) is 6.57. The van der Waals surface area contributed by atoms with E-state index in [9.17, 15) is 13.2 Å². The first-order valence-corrected chi connectivity index (χ1v) is 10.4. The van der Waals surface area contributed by atoms with E-state index >= 15 is 0 Å². The molecule has 2 heterocycles. The van der Waals surface area contributed by atoms with Gasteiger partial charge in [0.1, 0.15) is 5.82 Å². The van der Waals surface area contributed by atoms with Gasteiger partial charge in [-0.1, -0.05) is 18.2 Å². The molecule has 0 spiro atoms. The second-order valence-corrected chi connectivity index (χ2v) is 9.02. The fourth-order valence-electron chi connectivity index (χ4n) is 3.22. The summed E-state index contributed by atoms with van der Waals surface area (Å²) in [6.45, 7) is 4.03. The standard InChI is InChI=1S/C19H23N3O3S/c1-13-5-4-6-14(2)18(13)21-17-11-15(7-9-20-17)19(23)22(3)16-8-10-26(24,25)12-16/h4-7,9,11,16H,8,10,12H2,1-3H3,(H,20,21). The lowest BCUT2D eigenvalue weighted by atomic mass is 10.1. The Kier molecular flexibility index (Phi) is 5.00. The van der Waals surface area contributed by atoms with E-state index in [1.165, 1.54) is 4.90 Å². The van der Waals surface area contributed by atoms with Crippen molar-refractivity contribution in [3.8, 4) is 0 Å². The van der Waals surface area contributed by atoms with Crippen LogP contribution in [0.5, 0.6) is 0 Å². The lowest BCUT2D eigenvalue weighted by Gasteiger charge is -2.23. The van der Waals surface area contributed by atoms with E-state index in [4.69, 9.17) is 0 Å². The van der Waals surface area contributed by atoms with E-state index < -0.39 is 9.84 Å². The van der Waals surface area contributed by atoms with Crippen LogP contribution in [0.15, 0.2) is 36.5 Å². The smallest absolute Gasteiger partial charge is 0.254 e. The van der Waals surface area contributed by atoms with Crippen molar-refractivity contribution in [2.45, 2.75) is 26.3 Å². The molecule has 1 saturated heterocycles. The first-order valence-electron chi connectivity index (χ1n) is 8.54. The Bertz CT molecular complexity index is 921. The van der Waals surface area contributed by atoms with Crippen molar-refractivity contribution in [1.29, 1.82) is 0 Å². The number of benzene rings is 1. The monoisotopic (exact) mass is 373 g/mol. The van der Waals surface area contributed by atoms with Crippen molar-refractivity contribution in [3.05, 3.63) is 53.2 Å². The van der Waals surface area contributed by atoms with Crippen LogP contribution in [-0.4, -0.2) is 48.8 Å². The minimum atomic E-state index is -3.03. The Morgan fingerprint density at radius 3 is 2.54 bits per heavy atom. The minimum Gasteiger partial charge on any atom is -0.340 e. The molecule has 1 atom stereocenters. The highest BCUT2D eigenvalue weighted by molar-refractivity contribution is 7.91. The number of nitrogens with one attached hydrogen (secondary N) is 1. The summed E-state index contributed by atoms with van der Waals surface area (Å²) < 4.78 is 23.3. The third-order valence-electron chi connectivity index (χ3n) is 4.82. The quantitative estimate of drug-likeness (QED) is 0.891. The number of hydrogen-bond acceptors (Lipinski definition) is 5. The van der Waals surface area contributed by atoms with Crippen molar-refractivity contribution in [2.24, 2.45) is 0 Å². The number of aromatic nitrogens is 1. The molecule has 1 aromatic heterocycles. The molecule has 3 rings (SSSR count). The van der Waals surface area contributed by atoms with Crippen LogP contribution in [0.4, 0.5) is 11.5 Å². The van der Waals surface area contributed by atoms with Gasteiger partial charge in [0.2, 0.25) is 0 Å². The largest absolute Gasteiger partial charge is 0.340 e. The summed E-state index contributed by atoms with van der Waals surface area (Å²) in [7, 11) is -1.37. The number of carbonyl (C=O) groups excluding carboxylic acids is 1. The Balaban J connectivity index is 1.80. The predicted octanol–water partition coefficient (Wildman–Crippen LogP) is 2.70. The summed E-state index contributed by atoms with van der Waals surface area (Å²) >= 11 is 0. The zero-order valence-corrected chi connectivity index (χ0v) is 16.0. The van der Waals surface area contributed by atoms with Crippen LogP contribution < -0.4 is 5.32 Å². The van der Waals surface area contributed by atoms with E-state index in [1.54, 1.807) is 25.4 Å². The number of sulfone groups is 1. The van der Waals surface area contributed by atoms with Gasteiger partial charge in [0.15, 0.2) is 9.84 Å². The fraction of sp³-hybridized carbons (Fsp3) is 0.368. The molecule has 26 heavy (non-hydrogen) atoms. The molecule has 2 aromatic rings. The topological polar surface area (TPSA) is 79.4 Å². The number of carbonyl (C=O) groups is 1. The van der Waals surface area contributed by atoms with Crippen molar-refractivity contribution in [2.75, 3.05) is 23.9 Å². The van der Waals surface area contributed by atoms with Crippen molar-refractivity contribution >= 4 is 27.2 Å². The summed E-state index contributed by atoms with van der Waals surface area (Å²) in [5, 5.41) is 3.28. The third kappa shape index (κ3) is 3.88. The summed E-state index contributed by atoms with van der Waals surface area (Å²) in [6, 6.07) is 9.10. The number of para-hydroxylation sites is 1. The highest BCUT2D eigenvalue weighted by Gasteiger charge is 2.33. The lowest BCUT2D eigenvalue weighted by molar-refractivity contribution is 0.0747. The number of pyridine rings is 1. The molecule has 1 aromatic carbocycles. The van der Waals surface area contributed by atoms with Gasteiger partial charge in [0.25, 0.3) is 5.91 Å². The Morgan fingerprint density at radius 1 is 1.23 bits per heavy atom. The maximum Gasteiger partial charge on any atom is 0.254 e. The van der Waals surface area contributed by atoms with Gasteiger partial charge in [0, 0.05) is 30.5 Å². The predicted molar refractivity (Wildman–Crippen MR) is 103 cm³/mol. The molecule has 0 saturated carbocycles. The minimum absolute atomic E-state index is 0.0356. The molecule has 0 bridgehead atoms. The van der Waals surface area contributed by atoms with Gasteiger partial charge in [-0.2, -0.15) is 0 Å². The maximum absolute atomic E-state index is 12.8. The number of amides is 1. The van der Waals surface area contributed by atoms with Crippen LogP contribution >= 0.6 is 0 Å². The highest BCUT2D eigenvalue weighted by atomic mass is 32.2. The summed E-state index contributed by atoms with van der Waals surface area (Å²) in [4.78, 5) is 18.6. The molecular weight excluding hydrogens is 350 g/mol. The molecule has 138 valence electrons. The molecule has 1 aliphatic heterocycles. The summed E-state index contributed by atoms with van der Waals surface area (Å²) in [5.41, 5.74) is 3.65. The SMILES string of the molecule is Cc1cccc(C)c1Nc1cc(C(=O)N(C)C2CCS(=O)(=O)C2)ccn1. The van der Waals surface area contributed by atoms with Crippen LogP contribution in [0.25, 0.3) is 0 Å². The van der Waals surface area contributed by atoms with Crippen molar-refractivity contribution < 1.29 is 13.2 Å². The molecule has 1 aliphatic rings. The maximum atomic E-state index is 12.8. The number of aryl methyl sites for hydroxylation is 2. The lowest BCUT2D eigenvalue weighted by Crippen LogP contribution is -2.37. The second-order valence-electron chi connectivity index (χ2n) is 6.79. The second kappa shape index (κ2) is 7.07. The van der Waals surface area contributed by atoms with Gasteiger partial charge in [0.05, 0.1) is 11.5 Å². The molecule has 1 fully saturated rings. The van der Waals surface area contributed by atoms with E-state index in [1.807, 2.05) is 32.0 Å². The Morgan fingerprint density at radius 2 is 1.92 bits per heavy atom. The Hall–Kier alpha value is -2.41. The Labute approximate surface area is 154 Å². The normalized spacial score (nSPS) is 18.5. The average molecular weight is 373 g/mol. The molecule has 1 amide bonds. The van der Waals surface area contributed by atoms with Gasteiger partial charge >= 0.3 is 0 Å². The molecule has 1 N–H and O–H groups in total. The molecule has 1 unspecified atom stereocenters. The molecule has 0 aliphatic carbocycles. The van der Waals surface area contributed by atoms with Gasteiger partial charge in [-0.3, -0.25) is 4.79 Å². The van der Waals surface area contributed by atoms with Gasteiger partial charge in [-0.05, 0) is 43.5 Å². The number of hydrogen-bond donors (Lipinski definition) is 1. The van der Waals surface area contributed by atoms with E-state index in [0.717, 1.165) is 16.8 Å². The number of rotatable bonds is 4. The van der Waals surface area contributed by atoms with E-state index in [2.05, 4.69) is 10.3 Å². The number of anilines is 2. The van der Waals surface area contributed by atoms with Crippen LogP contribution in [-0.2, 0) is 9.84 Å². The molecular formula is C19H23N3O3S. The highest BCUT2D eigenvalue weighted by Crippen LogP contribution is 2.24. The van der Waals surface area contributed by atoms with E-state index in [-0.39, 0.29) is 23.5 Å². The first-order chi connectivity index (χ1) is 12.3. The van der Waals surface area contributed by atoms with Crippen LogP contribution in [0.3, 0.4) is 0 Å². The van der Waals surface area contributed by atoms with Crippen molar-refractivity contribution in [1.82, 2.24) is 9.88 Å². The first kappa shape index (κ1) is 18.4. The summed E-state index contributed by atoms with van der Waals surface area (Å²) in [5.74, 6) is 0.568. The number of nitrogens with zero attached hydrogens (tertiary/aromatic N) is 2. The van der Waals surface area contributed by atoms with Crippen molar-refractivity contribution in [3.63, 3.8) is 0 Å².